The summed E-state index contributed by atoms with van der Waals surface area (Å²) in [5, 5.41) is 40.0. The van der Waals surface area contributed by atoms with Crippen LogP contribution >= 0.6 is 0 Å². The normalized spacial score (nSPS) is 26.0. The van der Waals surface area contributed by atoms with E-state index in [1.54, 1.807) is 12.1 Å². The number of hydrogen-bond acceptors (Lipinski definition) is 10. The Morgan fingerprint density at radius 3 is 1.89 bits per heavy atom. The summed E-state index contributed by atoms with van der Waals surface area (Å²) in [5.74, 6) is -4.30. The second kappa shape index (κ2) is 16.5. The maximum atomic E-state index is 14.6. The Balaban J connectivity index is 1.60. The molecule has 55 heavy (non-hydrogen) atoms. The standard InChI is InChI=1S/C39H46N6O10/c1-20-34(49)41-21(2)37(52)43(4)28(17-23-7-12-26(46)13-8-23)36(51)42-22(3)38(53)45(6)32-33(48)25-10-14-27(15-11-25)55-31-19-24(9-16-30(31)47)18-29(35(50)40-20)44(5)39(32)54/h7-16,19-22,28-29,32-33,46-48H,17-18H2,1-6H3,(H,40,50)(H,41,49)(H,42,51). The number of aliphatic hydroxyl groups excluding tert-OH is 1. The molecule has 16 nitrogen and oxygen atoms in total. The molecule has 0 aromatic heterocycles. The minimum absolute atomic E-state index is 0.00705. The number of carbonyl (C=O) groups excluding carboxylic acids is 6. The van der Waals surface area contributed by atoms with Crippen molar-refractivity contribution in [3.63, 3.8) is 0 Å². The molecule has 7 unspecified atom stereocenters. The maximum absolute atomic E-state index is 14.6. The topological polar surface area (TPSA) is 218 Å². The van der Waals surface area contributed by atoms with Crippen LogP contribution < -0.4 is 20.7 Å². The number of likely N-dealkylation sites (N-methyl/N-ethyl adjacent to an activating group) is 3. The van der Waals surface area contributed by atoms with Crippen molar-refractivity contribution in [1.82, 2.24) is 30.7 Å². The van der Waals surface area contributed by atoms with Gasteiger partial charge in [-0.2, -0.15) is 0 Å². The summed E-state index contributed by atoms with van der Waals surface area (Å²) >= 11 is 0. The zero-order valence-electron chi connectivity index (χ0n) is 31.3. The van der Waals surface area contributed by atoms with Crippen LogP contribution in [0.1, 0.15) is 43.6 Å². The molecule has 6 rings (SSSR count). The first-order chi connectivity index (χ1) is 26.0. The van der Waals surface area contributed by atoms with E-state index in [1.807, 2.05) is 0 Å². The molecule has 6 N–H and O–H groups in total. The molecule has 3 aliphatic heterocycles. The number of aliphatic hydroxyl groups is 1. The minimum atomic E-state index is -1.65. The van der Waals surface area contributed by atoms with Crippen molar-refractivity contribution in [3.05, 3.63) is 83.4 Å². The van der Waals surface area contributed by atoms with E-state index < -0.39 is 77.8 Å². The van der Waals surface area contributed by atoms with Gasteiger partial charge >= 0.3 is 0 Å². The second-order valence-electron chi connectivity index (χ2n) is 14.0. The number of amides is 6. The van der Waals surface area contributed by atoms with Gasteiger partial charge in [0.1, 0.15) is 53.9 Å². The van der Waals surface area contributed by atoms with E-state index in [2.05, 4.69) is 16.0 Å². The number of benzene rings is 3. The van der Waals surface area contributed by atoms with Gasteiger partial charge in [-0.25, -0.2) is 0 Å². The van der Waals surface area contributed by atoms with Crippen LogP contribution in [0.2, 0.25) is 0 Å². The van der Waals surface area contributed by atoms with Crippen molar-refractivity contribution < 1.29 is 48.8 Å². The highest BCUT2D eigenvalue weighted by Crippen LogP contribution is 2.34. The van der Waals surface area contributed by atoms with Crippen LogP contribution in [0.15, 0.2) is 66.7 Å². The van der Waals surface area contributed by atoms with Gasteiger partial charge in [0.05, 0.1) is 0 Å². The SMILES string of the molecule is CC1NC(=O)C2Cc3ccc(O)c(c3)Oc3ccc(cc3)C(O)C(C(=O)N2C)N(C)C(=O)C(C)NC(=O)C(Cc2ccc(O)cc2)N(C)C(=O)C(C)NC1=O. The molecule has 0 saturated carbocycles. The first kappa shape index (κ1) is 40.0. The first-order valence-electron chi connectivity index (χ1n) is 17.7. The molecule has 0 aliphatic carbocycles. The van der Waals surface area contributed by atoms with Crippen LogP contribution in [0.25, 0.3) is 0 Å². The lowest BCUT2D eigenvalue weighted by Gasteiger charge is -2.38. The highest BCUT2D eigenvalue weighted by atomic mass is 16.5. The predicted octanol–water partition coefficient (Wildman–Crippen LogP) is 0.731. The van der Waals surface area contributed by atoms with Crippen molar-refractivity contribution in [3.8, 4) is 23.0 Å². The lowest BCUT2D eigenvalue weighted by Crippen LogP contribution is -2.62. The van der Waals surface area contributed by atoms with Crippen LogP contribution in [-0.4, -0.2) is 123 Å². The molecule has 3 aromatic rings. The lowest BCUT2D eigenvalue weighted by atomic mass is 9.96. The summed E-state index contributed by atoms with van der Waals surface area (Å²) in [5.41, 5.74) is 1.25. The van der Waals surface area contributed by atoms with Gasteiger partial charge in [-0.15, -0.1) is 0 Å². The second-order valence-corrected chi connectivity index (χ2v) is 14.0. The summed E-state index contributed by atoms with van der Waals surface area (Å²) in [6, 6.07) is 8.60. The number of hydrogen-bond donors (Lipinski definition) is 6. The van der Waals surface area contributed by atoms with E-state index >= 15 is 0 Å². The summed E-state index contributed by atoms with van der Waals surface area (Å²) in [6.45, 7) is 4.22. The molecule has 1 saturated heterocycles. The van der Waals surface area contributed by atoms with Crippen molar-refractivity contribution >= 4 is 35.4 Å². The van der Waals surface area contributed by atoms with Gasteiger partial charge in [-0.05, 0) is 73.9 Å². The monoisotopic (exact) mass is 758 g/mol. The molecule has 292 valence electrons. The van der Waals surface area contributed by atoms with Gasteiger partial charge in [-0.3, -0.25) is 28.8 Å². The number of phenolic OH excluding ortho intramolecular Hbond substituents is 2. The average Bonchev–Trinajstić information content (AvgIpc) is 3.15. The molecule has 1 fully saturated rings. The molecule has 3 aliphatic rings. The fourth-order valence-corrected chi connectivity index (χ4v) is 6.62. The van der Waals surface area contributed by atoms with Crippen LogP contribution in [0.4, 0.5) is 0 Å². The van der Waals surface area contributed by atoms with E-state index in [1.165, 1.54) is 96.5 Å². The number of nitrogens with one attached hydrogen (secondary N) is 3. The van der Waals surface area contributed by atoms with Crippen LogP contribution in [-0.2, 0) is 41.6 Å². The Morgan fingerprint density at radius 2 is 1.25 bits per heavy atom. The fraction of sp³-hybridized carbons (Fsp3) is 0.385. The Labute approximate surface area is 318 Å². The minimum Gasteiger partial charge on any atom is -0.508 e. The number of carbonyl (C=O) groups is 6. The first-order valence-corrected chi connectivity index (χ1v) is 17.7. The molecule has 0 radical (unpaired) electrons. The molecule has 6 bridgehead atoms. The van der Waals surface area contributed by atoms with E-state index in [0.29, 0.717) is 11.1 Å². The lowest BCUT2D eigenvalue weighted by molar-refractivity contribution is -0.153. The van der Waals surface area contributed by atoms with E-state index in [4.69, 9.17) is 4.74 Å². The number of aromatic hydroxyl groups is 2. The summed E-state index contributed by atoms with van der Waals surface area (Å²) in [6.07, 6.45) is -1.83. The molecule has 3 heterocycles. The van der Waals surface area contributed by atoms with E-state index in [9.17, 15) is 44.1 Å². The summed E-state index contributed by atoms with van der Waals surface area (Å²) in [7, 11) is 4.00. The largest absolute Gasteiger partial charge is 0.508 e. The number of nitrogens with zero attached hydrogens (tertiary/aromatic N) is 3. The van der Waals surface area contributed by atoms with Gasteiger partial charge in [0.25, 0.3) is 0 Å². The van der Waals surface area contributed by atoms with Gasteiger partial charge in [0, 0.05) is 34.0 Å². The number of ether oxygens (including phenoxy) is 1. The Hall–Kier alpha value is -6.16. The molecule has 16 heteroatoms. The third kappa shape index (κ3) is 8.81. The third-order valence-corrected chi connectivity index (χ3v) is 10.0. The fourth-order valence-electron chi connectivity index (χ4n) is 6.62. The van der Waals surface area contributed by atoms with E-state index in [0.717, 1.165) is 14.7 Å². The highest BCUT2D eigenvalue weighted by Gasteiger charge is 2.42. The smallest absolute Gasteiger partial charge is 0.248 e. The molecular formula is C39H46N6O10. The summed E-state index contributed by atoms with van der Waals surface area (Å²) in [4.78, 5) is 87.2. The molecule has 3 aromatic carbocycles. The number of fused-ring (bicyclic) bond motifs is 2. The van der Waals surface area contributed by atoms with Gasteiger partial charge < -0.3 is 50.7 Å². The molecule has 6 amide bonds. The summed E-state index contributed by atoms with van der Waals surface area (Å²) < 4.78 is 5.91. The van der Waals surface area contributed by atoms with Crippen molar-refractivity contribution in [1.29, 1.82) is 0 Å². The molecule has 0 spiro atoms. The van der Waals surface area contributed by atoms with Gasteiger partial charge in [0.2, 0.25) is 35.4 Å². The predicted molar refractivity (Wildman–Crippen MR) is 198 cm³/mol. The van der Waals surface area contributed by atoms with Gasteiger partial charge in [-0.1, -0.05) is 30.3 Å². The van der Waals surface area contributed by atoms with Crippen LogP contribution in [0.3, 0.4) is 0 Å². The molecule has 7 atom stereocenters. The quantitative estimate of drug-likeness (QED) is 0.215. The van der Waals surface area contributed by atoms with Crippen LogP contribution in [0.5, 0.6) is 23.0 Å². The number of rotatable bonds is 2. The van der Waals surface area contributed by atoms with Crippen LogP contribution in [0, 0.1) is 0 Å². The average molecular weight is 759 g/mol. The Bertz CT molecular complexity index is 1950. The van der Waals surface area contributed by atoms with Crippen molar-refractivity contribution in [2.45, 2.75) is 76.0 Å². The Kier molecular flexibility index (Phi) is 12.0. The van der Waals surface area contributed by atoms with Crippen molar-refractivity contribution in [2.24, 2.45) is 0 Å². The molecular weight excluding hydrogens is 712 g/mol. The highest BCUT2D eigenvalue weighted by molar-refractivity contribution is 5.98. The zero-order chi connectivity index (χ0) is 40.3. The Morgan fingerprint density at radius 1 is 0.673 bits per heavy atom. The van der Waals surface area contributed by atoms with Gasteiger partial charge in [0.15, 0.2) is 11.5 Å². The third-order valence-electron chi connectivity index (χ3n) is 10.0. The van der Waals surface area contributed by atoms with E-state index in [-0.39, 0.29) is 41.4 Å². The zero-order valence-corrected chi connectivity index (χ0v) is 31.3. The van der Waals surface area contributed by atoms with Crippen molar-refractivity contribution in [2.75, 3.05) is 21.1 Å². The maximum Gasteiger partial charge on any atom is 0.248 e. The number of phenols is 2.